The van der Waals surface area contributed by atoms with E-state index in [0.29, 0.717) is 13.2 Å². The number of rotatable bonds is 11. The molecule has 1 aliphatic heterocycles. The summed E-state index contributed by atoms with van der Waals surface area (Å²) in [7, 11) is 1.55. The summed E-state index contributed by atoms with van der Waals surface area (Å²) in [5.41, 5.74) is 0. The molecule has 1 aliphatic rings. The molecular weight excluding hydrogens is 340 g/mol. The molecule has 148 valence electrons. The van der Waals surface area contributed by atoms with Crippen molar-refractivity contribution < 1.29 is 49.3 Å². The lowest BCUT2D eigenvalue weighted by molar-refractivity contribution is -0.302. The summed E-state index contributed by atoms with van der Waals surface area (Å²) < 4.78 is 20.2. The molecule has 10 heteroatoms. The van der Waals surface area contributed by atoms with Crippen LogP contribution in [0, 0.1) is 5.92 Å². The van der Waals surface area contributed by atoms with Crippen LogP contribution in [0.1, 0.15) is 13.3 Å². The molecule has 0 radical (unpaired) electrons. The average molecular weight is 368 g/mol. The van der Waals surface area contributed by atoms with Crippen LogP contribution in [0.2, 0.25) is 0 Å². The number of aliphatic carboxylic acids is 1. The molecule has 10 nitrogen and oxygen atoms in total. The van der Waals surface area contributed by atoms with Gasteiger partial charge in [-0.15, -0.1) is 0 Å². The predicted molar refractivity (Wildman–Crippen MR) is 82.8 cm³/mol. The molecule has 0 aromatic rings. The number of hydrogen-bond donors (Lipinski definition) is 5. The molecule has 1 heterocycles. The van der Waals surface area contributed by atoms with E-state index in [1.54, 1.807) is 7.11 Å². The molecule has 0 aliphatic carbocycles. The van der Waals surface area contributed by atoms with Crippen molar-refractivity contribution in [1.82, 2.24) is 0 Å². The van der Waals surface area contributed by atoms with Crippen LogP contribution in [0.4, 0.5) is 0 Å². The van der Waals surface area contributed by atoms with Crippen molar-refractivity contribution in [3.63, 3.8) is 0 Å². The number of methoxy groups -OCH3 is 1. The zero-order chi connectivity index (χ0) is 19.0. The van der Waals surface area contributed by atoms with Gasteiger partial charge in [0.05, 0.1) is 45.2 Å². The first kappa shape index (κ1) is 22.2. The van der Waals surface area contributed by atoms with Gasteiger partial charge in [0.1, 0.15) is 12.2 Å². The lowest BCUT2D eigenvalue weighted by Crippen LogP contribution is -2.60. The molecular formula is C15H28O10. The van der Waals surface area contributed by atoms with E-state index in [2.05, 4.69) is 0 Å². The molecule has 0 aromatic carbocycles. The monoisotopic (exact) mass is 368 g/mol. The predicted octanol–water partition coefficient (Wildman–Crippen LogP) is -2.05. The largest absolute Gasteiger partial charge is 0.477 e. The number of carboxylic acids is 1. The molecule has 0 aromatic heterocycles. The van der Waals surface area contributed by atoms with Crippen LogP contribution in [-0.4, -0.2) is 102 Å². The van der Waals surface area contributed by atoms with Crippen molar-refractivity contribution >= 4 is 5.97 Å². The van der Waals surface area contributed by atoms with Gasteiger partial charge < -0.3 is 44.5 Å². The second-order valence-electron chi connectivity index (χ2n) is 6.04. The van der Waals surface area contributed by atoms with E-state index in [4.69, 9.17) is 24.1 Å². The van der Waals surface area contributed by atoms with Gasteiger partial charge in [-0.1, -0.05) is 6.92 Å². The van der Waals surface area contributed by atoms with Crippen molar-refractivity contribution in [3.05, 3.63) is 0 Å². The van der Waals surface area contributed by atoms with E-state index < -0.39 is 48.5 Å². The average Bonchev–Trinajstić information content (AvgIpc) is 2.56. The minimum Gasteiger partial charge on any atom is -0.477 e. The Labute approximate surface area is 145 Å². The second kappa shape index (κ2) is 10.3. The molecule has 0 bridgehead atoms. The summed E-state index contributed by atoms with van der Waals surface area (Å²) in [5.74, 6) is -4.98. The first-order valence-corrected chi connectivity index (χ1v) is 8.05. The van der Waals surface area contributed by atoms with E-state index >= 15 is 0 Å². The van der Waals surface area contributed by atoms with Crippen molar-refractivity contribution in [2.24, 2.45) is 5.92 Å². The fourth-order valence-corrected chi connectivity index (χ4v) is 2.47. The Bertz CT molecular complexity index is 406. The van der Waals surface area contributed by atoms with Crippen LogP contribution in [0.25, 0.3) is 0 Å². The topological polar surface area (TPSA) is 155 Å². The van der Waals surface area contributed by atoms with Crippen molar-refractivity contribution in [2.45, 2.75) is 43.5 Å². The van der Waals surface area contributed by atoms with Gasteiger partial charge >= 0.3 is 5.97 Å². The lowest BCUT2D eigenvalue weighted by atomic mass is 9.85. The lowest BCUT2D eigenvalue weighted by Gasteiger charge is -2.43. The minimum absolute atomic E-state index is 0.177. The zero-order valence-corrected chi connectivity index (χ0v) is 14.4. The van der Waals surface area contributed by atoms with E-state index in [1.807, 2.05) is 0 Å². The molecule has 1 fully saturated rings. The van der Waals surface area contributed by atoms with Gasteiger partial charge in [-0.25, -0.2) is 4.79 Å². The Hall–Kier alpha value is -0.850. The van der Waals surface area contributed by atoms with E-state index in [1.165, 1.54) is 6.92 Å². The van der Waals surface area contributed by atoms with E-state index in [-0.39, 0.29) is 19.8 Å². The number of carboxylic acid groups (broad SMARTS) is 1. The molecule has 25 heavy (non-hydrogen) atoms. The zero-order valence-electron chi connectivity index (χ0n) is 14.4. The normalized spacial score (nSPS) is 32.3. The number of aliphatic hydroxyl groups excluding tert-OH is 3. The number of ether oxygens (including phenoxy) is 4. The van der Waals surface area contributed by atoms with Crippen LogP contribution in [0.3, 0.4) is 0 Å². The van der Waals surface area contributed by atoms with Gasteiger partial charge in [0.25, 0.3) is 5.79 Å². The Balaban J connectivity index is 2.47. The van der Waals surface area contributed by atoms with Crippen molar-refractivity contribution in [1.29, 1.82) is 0 Å². The summed E-state index contributed by atoms with van der Waals surface area (Å²) in [6.45, 7) is 2.59. The first-order chi connectivity index (χ1) is 11.7. The Kier molecular flexibility index (Phi) is 9.17. The van der Waals surface area contributed by atoms with Crippen LogP contribution in [0.5, 0.6) is 0 Å². The maximum atomic E-state index is 11.1. The Morgan fingerprint density at radius 3 is 2.44 bits per heavy atom. The van der Waals surface area contributed by atoms with Gasteiger partial charge in [-0.05, 0) is 0 Å². The van der Waals surface area contributed by atoms with Crippen molar-refractivity contribution in [3.8, 4) is 0 Å². The summed E-state index contributed by atoms with van der Waals surface area (Å²) in [6, 6.07) is 0. The van der Waals surface area contributed by atoms with Gasteiger partial charge in [0, 0.05) is 19.4 Å². The van der Waals surface area contributed by atoms with Crippen LogP contribution in [-0.2, 0) is 23.7 Å². The van der Waals surface area contributed by atoms with Gasteiger partial charge in [-0.2, -0.15) is 0 Å². The highest BCUT2D eigenvalue weighted by Crippen LogP contribution is 2.33. The highest BCUT2D eigenvalue weighted by molar-refractivity contribution is 5.75. The molecule has 6 atom stereocenters. The Morgan fingerprint density at radius 1 is 1.24 bits per heavy atom. The maximum Gasteiger partial charge on any atom is 0.364 e. The SMILES string of the molecule is COCCOCCOC[C@@H](O)[C@@H](O)C1OC(O)(C(=O)O)C[C@H](O)[C@H]1C. The summed E-state index contributed by atoms with van der Waals surface area (Å²) in [5, 5.41) is 49.1. The molecule has 0 saturated carbocycles. The van der Waals surface area contributed by atoms with Gasteiger partial charge in [0.15, 0.2) is 0 Å². The fraction of sp³-hybridized carbons (Fsp3) is 0.933. The highest BCUT2D eigenvalue weighted by atomic mass is 16.7. The molecule has 1 saturated heterocycles. The molecule has 0 amide bonds. The summed E-state index contributed by atoms with van der Waals surface area (Å²) >= 11 is 0. The maximum absolute atomic E-state index is 11.1. The van der Waals surface area contributed by atoms with Crippen LogP contribution >= 0.6 is 0 Å². The molecule has 1 rings (SSSR count). The minimum atomic E-state index is -2.62. The number of hydrogen-bond acceptors (Lipinski definition) is 9. The van der Waals surface area contributed by atoms with Gasteiger partial charge in [-0.3, -0.25) is 0 Å². The number of carbonyl (C=O) groups is 1. The van der Waals surface area contributed by atoms with Crippen LogP contribution < -0.4 is 0 Å². The van der Waals surface area contributed by atoms with Crippen molar-refractivity contribution in [2.75, 3.05) is 40.1 Å². The van der Waals surface area contributed by atoms with E-state index in [0.717, 1.165) is 0 Å². The third-order valence-corrected chi connectivity index (χ3v) is 4.10. The summed E-state index contributed by atoms with van der Waals surface area (Å²) in [6.07, 6.45) is -5.96. The standard InChI is InChI=1S/C15H28O10/c1-9-10(16)7-15(21,14(19)20)25-13(9)12(18)11(17)8-24-6-5-23-4-3-22-2/h9-13,16-18,21H,3-8H2,1-2H3,(H,19,20)/t9-,10+,11-,12-,13?,15?/m1/s1. The Morgan fingerprint density at radius 2 is 1.84 bits per heavy atom. The summed E-state index contributed by atoms with van der Waals surface area (Å²) in [4.78, 5) is 11.1. The third-order valence-electron chi connectivity index (χ3n) is 4.10. The van der Waals surface area contributed by atoms with E-state index in [9.17, 15) is 25.2 Å². The highest BCUT2D eigenvalue weighted by Gasteiger charge is 2.52. The smallest absolute Gasteiger partial charge is 0.364 e. The first-order valence-electron chi connectivity index (χ1n) is 8.05. The second-order valence-corrected chi connectivity index (χ2v) is 6.04. The molecule has 0 spiro atoms. The van der Waals surface area contributed by atoms with Crippen LogP contribution in [0.15, 0.2) is 0 Å². The number of aliphatic hydroxyl groups is 4. The third kappa shape index (κ3) is 6.42. The molecule has 5 N–H and O–H groups in total. The fourth-order valence-electron chi connectivity index (χ4n) is 2.47. The molecule has 2 unspecified atom stereocenters. The van der Waals surface area contributed by atoms with Gasteiger partial charge in [0.2, 0.25) is 0 Å². The quantitative estimate of drug-likeness (QED) is 0.257.